The molecule has 1 aromatic heterocycles. The van der Waals surface area contributed by atoms with Crippen LogP contribution in [0.3, 0.4) is 0 Å². The SMILES string of the molecule is CC(C)Oc1ncnc2ccc(N3CCN(CC4CCC(=O)N4C)CC3)cc12. The van der Waals surface area contributed by atoms with E-state index in [0.29, 0.717) is 18.3 Å². The predicted octanol–water partition coefficient (Wildman–Crippen LogP) is 2.16. The zero-order valence-corrected chi connectivity index (χ0v) is 17.0. The van der Waals surface area contributed by atoms with E-state index in [1.54, 1.807) is 6.33 Å². The molecule has 1 atom stereocenters. The number of benzene rings is 1. The van der Waals surface area contributed by atoms with Gasteiger partial charge in [0.15, 0.2) is 0 Å². The van der Waals surface area contributed by atoms with E-state index in [0.717, 1.165) is 50.0 Å². The molecule has 7 nitrogen and oxygen atoms in total. The number of hydrogen-bond donors (Lipinski definition) is 0. The molecule has 150 valence electrons. The maximum absolute atomic E-state index is 11.7. The van der Waals surface area contributed by atoms with Crippen molar-refractivity contribution in [3.05, 3.63) is 24.5 Å². The van der Waals surface area contributed by atoms with Gasteiger partial charge < -0.3 is 14.5 Å². The second-order valence-electron chi connectivity index (χ2n) is 8.03. The number of amides is 1. The summed E-state index contributed by atoms with van der Waals surface area (Å²) in [5.41, 5.74) is 2.09. The first kappa shape index (κ1) is 18.9. The molecule has 3 heterocycles. The second kappa shape index (κ2) is 7.91. The van der Waals surface area contributed by atoms with Gasteiger partial charge in [0.1, 0.15) is 6.33 Å². The second-order valence-corrected chi connectivity index (χ2v) is 8.03. The summed E-state index contributed by atoms with van der Waals surface area (Å²) in [6.45, 7) is 8.97. The first-order valence-electron chi connectivity index (χ1n) is 10.2. The van der Waals surface area contributed by atoms with Gasteiger partial charge in [0, 0.05) is 57.9 Å². The van der Waals surface area contributed by atoms with Gasteiger partial charge in [0.2, 0.25) is 11.8 Å². The molecule has 0 aliphatic carbocycles. The summed E-state index contributed by atoms with van der Waals surface area (Å²) >= 11 is 0. The maximum atomic E-state index is 11.7. The summed E-state index contributed by atoms with van der Waals surface area (Å²) in [5.74, 6) is 0.927. The quantitative estimate of drug-likeness (QED) is 0.789. The van der Waals surface area contributed by atoms with Gasteiger partial charge in [-0.05, 0) is 38.5 Å². The van der Waals surface area contributed by atoms with Gasteiger partial charge in [-0.1, -0.05) is 0 Å². The van der Waals surface area contributed by atoms with Crippen LogP contribution in [0.5, 0.6) is 5.88 Å². The summed E-state index contributed by atoms with van der Waals surface area (Å²) in [6.07, 6.45) is 3.31. The van der Waals surface area contributed by atoms with E-state index in [4.69, 9.17) is 4.74 Å². The molecule has 2 saturated heterocycles. The van der Waals surface area contributed by atoms with Crippen molar-refractivity contribution in [1.82, 2.24) is 19.8 Å². The number of rotatable bonds is 5. The van der Waals surface area contributed by atoms with Crippen molar-refractivity contribution in [2.75, 3.05) is 44.7 Å². The Labute approximate surface area is 166 Å². The van der Waals surface area contributed by atoms with Crippen LogP contribution in [0.25, 0.3) is 10.9 Å². The van der Waals surface area contributed by atoms with Crippen molar-refractivity contribution in [3.8, 4) is 5.88 Å². The van der Waals surface area contributed by atoms with Crippen LogP contribution in [0.1, 0.15) is 26.7 Å². The Balaban J connectivity index is 1.43. The Morgan fingerprint density at radius 2 is 1.96 bits per heavy atom. The first-order chi connectivity index (χ1) is 13.5. The number of likely N-dealkylation sites (tertiary alicyclic amines) is 1. The normalized spacial score (nSPS) is 21.1. The average molecular weight is 383 g/mol. The molecule has 0 spiro atoms. The minimum Gasteiger partial charge on any atom is -0.474 e. The van der Waals surface area contributed by atoms with E-state index in [1.807, 2.05) is 31.9 Å². The van der Waals surface area contributed by atoms with Crippen LogP contribution < -0.4 is 9.64 Å². The molecule has 2 aromatic rings. The third-order valence-electron chi connectivity index (χ3n) is 5.77. The summed E-state index contributed by atoms with van der Waals surface area (Å²) < 4.78 is 5.87. The Kier molecular flexibility index (Phi) is 5.35. The highest BCUT2D eigenvalue weighted by Crippen LogP contribution is 2.28. The zero-order chi connectivity index (χ0) is 19.7. The number of carbonyl (C=O) groups is 1. The lowest BCUT2D eigenvalue weighted by Crippen LogP contribution is -2.50. The minimum atomic E-state index is 0.0749. The highest BCUT2D eigenvalue weighted by atomic mass is 16.5. The molecule has 28 heavy (non-hydrogen) atoms. The molecular weight excluding hydrogens is 354 g/mol. The number of carbonyl (C=O) groups excluding carboxylic acids is 1. The monoisotopic (exact) mass is 383 g/mol. The van der Waals surface area contributed by atoms with Gasteiger partial charge in [0.05, 0.1) is 17.0 Å². The molecule has 2 aliphatic rings. The molecule has 0 bridgehead atoms. The molecule has 2 aliphatic heterocycles. The summed E-state index contributed by atoms with van der Waals surface area (Å²) in [5, 5.41) is 0.960. The van der Waals surface area contributed by atoms with Crippen LogP contribution in [0, 0.1) is 0 Å². The molecule has 0 N–H and O–H groups in total. The average Bonchev–Trinajstić information content (AvgIpc) is 3.00. The molecule has 2 fully saturated rings. The molecular formula is C21H29N5O2. The van der Waals surface area contributed by atoms with Crippen molar-refractivity contribution in [2.45, 2.75) is 38.8 Å². The van der Waals surface area contributed by atoms with Gasteiger partial charge in [-0.2, -0.15) is 0 Å². The van der Waals surface area contributed by atoms with Crippen LogP contribution in [0.2, 0.25) is 0 Å². The highest BCUT2D eigenvalue weighted by Gasteiger charge is 2.30. The third kappa shape index (κ3) is 3.90. The fourth-order valence-electron chi connectivity index (χ4n) is 4.10. The highest BCUT2D eigenvalue weighted by molar-refractivity contribution is 5.86. The van der Waals surface area contributed by atoms with E-state index >= 15 is 0 Å². The smallest absolute Gasteiger partial charge is 0.224 e. The van der Waals surface area contributed by atoms with Gasteiger partial charge in [-0.3, -0.25) is 9.69 Å². The number of likely N-dealkylation sites (N-methyl/N-ethyl adjacent to an activating group) is 1. The minimum absolute atomic E-state index is 0.0749. The molecule has 7 heteroatoms. The largest absolute Gasteiger partial charge is 0.474 e. The lowest BCUT2D eigenvalue weighted by atomic mass is 10.1. The van der Waals surface area contributed by atoms with E-state index in [-0.39, 0.29) is 12.0 Å². The van der Waals surface area contributed by atoms with Crippen LogP contribution in [-0.2, 0) is 4.79 Å². The van der Waals surface area contributed by atoms with Crippen LogP contribution in [0.15, 0.2) is 24.5 Å². The first-order valence-corrected chi connectivity index (χ1v) is 10.2. The number of fused-ring (bicyclic) bond motifs is 1. The number of hydrogen-bond acceptors (Lipinski definition) is 6. The Bertz CT molecular complexity index is 848. The Morgan fingerprint density at radius 1 is 1.18 bits per heavy atom. The van der Waals surface area contributed by atoms with E-state index in [9.17, 15) is 4.79 Å². The number of nitrogens with zero attached hydrogens (tertiary/aromatic N) is 5. The number of aromatic nitrogens is 2. The lowest BCUT2D eigenvalue weighted by Gasteiger charge is -2.38. The molecule has 0 saturated carbocycles. The molecule has 0 radical (unpaired) electrons. The van der Waals surface area contributed by atoms with Gasteiger partial charge >= 0.3 is 0 Å². The number of piperazine rings is 1. The van der Waals surface area contributed by atoms with Crippen molar-refractivity contribution in [3.63, 3.8) is 0 Å². The summed E-state index contributed by atoms with van der Waals surface area (Å²) in [4.78, 5) is 27.2. The standard InChI is InChI=1S/C21H29N5O2/c1-15(2)28-21-18-12-16(4-6-19(18)22-14-23-21)26-10-8-25(9-11-26)13-17-5-7-20(27)24(17)3/h4,6,12,14-15,17H,5,7-11,13H2,1-3H3. The van der Waals surface area contributed by atoms with Gasteiger partial charge in [-0.15, -0.1) is 0 Å². The van der Waals surface area contributed by atoms with E-state index in [1.165, 1.54) is 5.69 Å². The van der Waals surface area contributed by atoms with Crippen molar-refractivity contribution >= 4 is 22.5 Å². The molecule has 4 rings (SSSR count). The fraction of sp³-hybridized carbons (Fsp3) is 0.571. The van der Waals surface area contributed by atoms with E-state index < -0.39 is 0 Å². The van der Waals surface area contributed by atoms with Crippen LogP contribution in [-0.4, -0.2) is 77.6 Å². The maximum Gasteiger partial charge on any atom is 0.224 e. The molecule has 1 aromatic carbocycles. The summed E-state index contributed by atoms with van der Waals surface area (Å²) in [7, 11) is 1.93. The van der Waals surface area contributed by atoms with Gasteiger partial charge in [0.25, 0.3) is 0 Å². The Morgan fingerprint density at radius 3 is 2.64 bits per heavy atom. The Hall–Kier alpha value is -2.41. The summed E-state index contributed by atoms with van der Waals surface area (Å²) in [6, 6.07) is 6.69. The van der Waals surface area contributed by atoms with Crippen LogP contribution in [0.4, 0.5) is 5.69 Å². The number of anilines is 1. The van der Waals surface area contributed by atoms with Gasteiger partial charge in [-0.25, -0.2) is 9.97 Å². The zero-order valence-electron chi connectivity index (χ0n) is 17.0. The van der Waals surface area contributed by atoms with E-state index in [2.05, 4.69) is 31.9 Å². The molecule has 1 amide bonds. The predicted molar refractivity (Wildman–Crippen MR) is 110 cm³/mol. The van der Waals surface area contributed by atoms with Crippen molar-refractivity contribution in [2.24, 2.45) is 0 Å². The van der Waals surface area contributed by atoms with Crippen LogP contribution >= 0.6 is 0 Å². The fourth-order valence-corrected chi connectivity index (χ4v) is 4.10. The topological polar surface area (TPSA) is 61.8 Å². The molecule has 1 unspecified atom stereocenters. The van der Waals surface area contributed by atoms with Crippen molar-refractivity contribution in [1.29, 1.82) is 0 Å². The lowest BCUT2D eigenvalue weighted by molar-refractivity contribution is -0.127. The third-order valence-corrected chi connectivity index (χ3v) is 5.77. The van der Waals surface area contributed by atoms with Crippen molar-refractivity contribution < 1.29 is 9.53 Å². The number of ether oxygens (including phenoxy) is 1.